The summed E-state index contributed by atoms with van der Waals surface area (Å²) in [4.78, 5) is 4.13. The molecule has 4 unspecified atom stereocenters. The van der Waals surface area contributed by atoms with Gasteiger partial charge in [-0.25, -0.2) is 0 Å². The quantitative estimate of drug-likeness (QED) is 0.175. The summed E-state index contributed by atoms with van der Waals surface area (Å²) in [5.74, 6) is 1.52. The Hall–Kier alpha value is -4.60. The maximum Gasteiger partial charge on any atom is 0.142 e. The standard InChI is InChI=1S/C42H33NOS/c1-24-34-25(2)37-36(30-23-22-26-14-8-9-17-28(26)38(30)44-37)41(3)31-19-11-12-20-32(31)43(27-15-6-5-7-16-27)42(4,39(34)41)40-35(24)29-18-10-13-21-33(29)45-40/h5-25H,1-4H3. The zero-order valence-electron chi connectivity index (χ0n) is 25.9. The summed E-state index contributed by atoms with van der Waals surface area (Å²) in [7, 11) is 0. The highest BCUT2D eigenvalue weighted by Crippen LogP contribution is 2.70. The van der Waals surface area contributed by atoms with Crippen molar-refractivity contribution in [3.05, 3.63) is 154 Å². The third-order valence-electron chi connectivity index (χ3n) is 11.4. The van der Waals surface area contributed by atoms with Gasteiger partial charge in [0.25, 0.3) is 0 Å². The van der Waals surface area contributed by atoms with Gasteiger partial charge in [-0.15, -0.1) is 11.3 Å². The lowest BCUT2D eigenvalue weighted by molar-refractivity contribution is 0.390. The van der Waals surface area contributed by atoms with Gasteiger partial charge in [-0.05, 0) is 71.2 Å². The molecule has 4 atom stereocenters. The number of allylic oxidation sites excluding steroid dienone is 1. The number of hydrogen-bond donors (Lipinski definition) is 0. The van der Waals surface area contributed by atoms with Crippen LogP contribution in [0.2, 0.25) is 0 Å². The molecule has 218 valence electrons. The normalized spacial score (nSPS) is 24.9. The molecule has 0 spiro atoms. The van der Waals surface area contributed by atoms with E-state index in [1.165, 1.54) is 70.3 Å². The monoisotopic (exact) mass is 599 g/mol. The van der Waals surface area contributed by atoms with Gasteiger partial charge in [0.05, 0.1) is 5.54 Å². The van der Waals surface area contributed by atoms with Crippen LogP contribution in [0.4, 0.5) is 11.4 Å². The topological polar surface area (TPSA) is 16.4 Å². The maximum atomic E-state index is 7.14. The lowest BCUT2D eigenvalue weighted by atomic mass is 9.51. The van der Waals surface area contributed by atoms with E-state index in [0.29, 0.717) is 0 Å². The number of rotatable bonds is 1. The smallest absolute Gasteiger partial charge is 0.142 e. The van der Waals surface area contributed by atoms with E-state index >= 15 is 0 Å². The largest absolute Gasteiger partial charge is 0.459 e. The second-order valence-corrected chi connectivity index (χ2v) is 14.6. The molecule has 7 aromatic rings. The molecule has 3 heteroatoms. The molecule has 2 nitrogen and oxygen atoms in total. The summed E-state index contributed by atoms with van der Waals surface area (Å²) in [5, 5.41) is 5.04. The Morgan fingerprint density at radius 1 is 0.689 bits per heavy atom. The van der Waals surface area contributed by atoms with Crippen LogP contribution in [0, 0.1) is 0 Å². The first-order chi connectivity index (χ1) is 21.9. The molecular weight excluding hydrogens is 567 g/mol. The summed E-state index contributed by atoms with van der Waals surface area (Å²) < 4.78 is 8.51. The van der Waals surface area contributed by atoms with Gasteiger partial charge in [-0.2, -0.15) is 0 Å². The first-order valence-electron chi connectivity index (χ1n) is 16.1. The number of nitrogens with zero attached hydrogens (tertiary/aromatic N) is 1. The van der Waals surface area contributed by atoms with Crippen molar-refractivity contribution in [3.63, 3.8) is 0 Å². The molecule has 0 amide bonds. The highest BCUT2D eigenvalue weighted by atomic mass is 32.1. The zero-order chi connectivity index (χ0) is 30.2. The van der Waals surface area contributed by atoms with Crippen LogP contribution in [0.25, 0.3) is 31.8 Å². The number of fused-ring (bicyclic) bond motifs is 12. The number of thiophene rings is 1. The fraction of sp³-hybridized carbons (Fsp3) is 0.190. The van der Waals surface area contributed by atoms with E-state index in [1.54, 1.807) is 0 Å². The van der Waals surface area contributed by atoms with Crippen molar-refractivity contribution in [1.82, 2.24) is 0 Å². The average Bonchev–Trinajstić information content (AvgIpc) is 3.67. The van der Waals surface area contributed by atoms with Crippen LogP contribution < -0.4 is 4.90 Å². The lowest BCUT2D eigenvalue weighted by Crippen LogP contribution is -2.56. The molecule has 0 N–H and O–H groups in total. The SMILES string of the molecule is CC1C2=C3C(C)(c4ccccc4N(c4ccccc4)C3(C)c3sc4ccccc4c3C2C)c2c1oc1c2ccc2ccccc21. The molecule has 10 rings (SSSR count). The predicted molar refractivity (Wildman–Crippen MR) is 188 cm³/mol. The van der Waals surface area contributed by atoms with Gasteiger partial charge >= 0.3 is 0 Å². The fourth-order valence-electron chi connectivity index (χ4n) is 9.71. The van der Waals surface area contributed by atoms with Crippen molar-refractivity contribution in [2.45, 2.75) is 50.5 Å². The average molecular weight is 600 g/mol. The molecule has 5 aromatic carbocycles. The predicted octanol–water partition coefficient (Wildman–Crippen LogP) is 11.7. The second kappa shape index (κ2) is 8.56. The van der Waals surface area contributed by atoms with Gasteiger partial charge in [-0.3, -0.25) is 0 Å². The van der Waals surface area contributed by atoms with E-state index in [2.05, 4.69) is 148 Å². The maximum absolute atomic E-state index is 7.14. The van der Waals surface area contributed by atoms with E-state index in [4.69, 9.17) is 4.42 Å². The Morgan fingerprint density at radius 2 is 1.40 bits per heavy atom. The minimum absolute atomic E-state index is 0.137. The van der Waals surface area contributed by atoms with Gasteiger partial charge in [0.15, 0.2) is 0 Å². The molecule has 0 saturated carbocycles. The molecule has 1 aliphatic heterocycles. The van der Waals surface area contributed by atoms with Crippen LogP contribution in [-0.2, 0) is 11.0 Å². The highest BCUT2D eigenvalue weighted by molar-refractivity contribution is 7.19. The fourth-order valence-corrected chi connectivity index (χ4v) is 11.2. The molecule has 0 bridgehead atoms. The van der Waals surface area contributed by atoms with Gasteiger partial charge < -0.3 is 9.32 Å². The summed E-state index contributed by atoms with van der Waals surface area (Å²) in [6.45, 7) is 9.86. The van der Waals surface area contributed by atoms with Gasteiger partial charge in [0.2, 0.25) is 0 Å². The first kappa shape index (κ1) is 25.7. The van der Waals surface area contributed by atoms with Crippen molar-refractivity contribution in [3.8, 4) is 0 Å². The number of benzene rings is 5. The third-order valence-corrected chi connectivity index (χ3v) is 12.8. The van der Waals surface area contributed by atoms with Crippen LogP contribution in [-0.4, -0.2) is 0 Å². The van der Waals surface area contributed by atoms with Gasteiger partial charge in [-0.1, -0.05) is 105 Å². The Bertz CT molecular complexity index is 2410. The molecule has 3 heterocycles. The molecule has 0 radical (unpaired) electrons. The van der Waals surface area contributed by atoms with E-state index in [9.17, 15) is 0 Å². The van der Waals surface area contributed by atoms with Crippen LogP contribution in [0.1, 0.15) is 66.9 Å². The summed E-state index contributed by atoms with van der Waals surface area (Å²) in [6.07, 6.45) is 0. The highest BCUT2D eigenvalue weighted by Gasteiger charge is 2.62. The van der Waals surface area contributed by atoms with Crippen LogP contribution in [0.15, 0.2) is 131 Å². The Labute approximate surface area is 267 Å². The van der Waals surface area contributed by atoms with E-state index in [-0.39, 0.29) is 17.3 Å². The number of para-hydroxylation sites is 2. The molecule has 2 aromatic heterocycles. The molecule has 45 heavy (non-hydrogen) atoms. The third kappa shape index (κ3) is 2.92. The molecule has 2 aliphatic carbocycles. The Morgan fingerprint density at radius 3 is 2.24 bits per heavy atom. The Balaban J connectivity index is 1.42. The van der Waals surface area contributed by atoms with Gasteiger partial charge in [0, 0.05) is 54.5 Å². The van der Waals surface area contributed by atoms with E-state index in [0.717, 1.165) is 11.3 Å². The van der Waals surface area contributed by atoms with Crippen molar-refractivity contribution >= 4 is 54.5 Å². The van der Waals surface area contributed by atoms with Gasteiger partial charge in [0.1, 0.15) is 11.3 Å². The summed E-state index contributed by atoms with van der Waals surface area (Å²) in [6, 6.07) is 42.5. The minimum Gasteiger partial charge on any atom is -0.459 e. The van der Waals surface area contributed by atoms with Crippen molar-refractivity contribution < 1.29 is 4.42 Å². The molecule has 3 aliphatic rings. The number of furan rings is 1. The number of hydrogen-bond acceptors (Lipinski definition) is 3. The molecule has 0 fully saturated rings. The zero-order valence-corrected chi connectivity index (χ0v) is 26.7. The summed E-state index contributed by atoms with van der Waals surface area (Å²) in [5.41, 5.74) is 9.94. The summed E-state index contributed by atoms with van der Waals surface area (Å²) >= 11 is 1.99. The van der Waals surface area contributed by atoms with Crippen LogP contribution >= 0.6 is 11.3 Å². The molecule has 0 saturated heterocycles. The van der Waals surface area contributed by atoms with Crippen LogP contribution in [0.5, 0.6) is 0 Å². The lowest BCUT2D eigenvalue weighted by Gasteiger charge is -2.60. The van der Waals surface area contributed by atoms with E-state index < -0.39 is 5.54 Å². The molecular formula is C42H33NOS. The second-order valence-electron chi connectivity index (χ2n) is 13.5. The number of anilines is 2. The first-order valence-corrected chi connectivity index (χ1v) is 16.9. The van der Waals surface area contributed by atoms with Crippen molar-refractivity contribution in [2.24, 2.45) is 0 Å². The van der Waals surface area contributed by atoms with E-state index in [1.807, 2.05) is 11.3 Å². The van der Waals surface area contributed by atoms with Crippen molar-refractivity contribution in [2.75, 3.05) is 4.90 Å². The van der Waals surface area contributed by atoms with Crippen LogP contribution in [0.3, 0.4) is 0 Å². The van der Waals surface area contributed by atoms with Crippen molar-refractivity contribution in [1.29, 1.82) is 0 Å². The Kier molecular flexibility index (Phi) is 4.89. The minimum atomic E-state index is -0.405.